The highest BCUT2D eigenvalue weighted by Crippen LogP contribution is 2.64. The number of oxazole rings is 1. The zero-order valence-corrected chi connectivity index (χ0v) is 38.4. The second kappa shape index (κ2) is 16.8. The molecule has 4 fully saturated rings. The molecule has 0 bridgehead atoms. The fourth-order valence-corrected chi connectivity index (χ4v) is 12.5. The Morgan fingerprint density at radius 3 is 2.51 bits per heavy atom. The number of carbonyl (C=O) groups excluding carboxylic acids is 1. The van der Waals surface area contributed by atoms with Gasteiger partial charge in [0.15, 0.2) is 23.2 Å². The van der Waals surface area contributed by atoms with E-state index in [1.54, 1.807) is 48.1 Å². The highest BCUT2D eigenvalue weighted by atomic mass is 35.5. The van der Waals surface area contributed by atoms with E-state index in [1.807, 2.05) is 13.0 Å². The van der Waals surface area contributed by atoms with E-state index in [2.05, 4.69) is 84.3 Å². The predicted octanol–water partition coefficient (Wildman–Crippen LogP) is 9.61. The van der Waals surface area contributed by atoms with Gasteiger partial charge in [-0.25, -0.2) is 4.98 Å². The topological polar surface area (TPSA) is 160 Å². The summed E-state index contributed by atoms with van der Waals surface area (Å²) in [7, 11) is 0. The first-order valence-corrected chi connectivity index (χ1v) is 24.2. The van der Waals surface area contributed by atoms with E-state index in [0.29, 0.717) is 45.7 Å². The molecular weight excluding hydrogens is 856 g/mol. The molecule has 3 saturated carbocycles. The van der Waals surface area contributed by atoms with E-state index < -0.39 is 0 Å². The normalized spacial score (nSPS) is 23.4. The van der Waals surface area contributed by atoms with E-state index >= 15 is 0 Å². The monoisotopic (exact) mass is 906 g/mol. The number of nitrogens with one attached hydrogen (secondary N) is 1. The number of hydrogen-bond acceptors (Lipinski definition) is 12. The van der Waals surface area contributed by atoms with Gasteiger partial charge in [-0.05, 0) is 137 Å². The summed E-state index contributed by atoms with van der Waals surface area (Å²) >= 11 is 7.96. The fraction of sp³-hybridized carbons (Fsp3) is 0.440. The minimum absolute atomic E-state index is 0.0388. The first-order valence-electron chi connectivity index (χ1n) is 23.0. The van der Waals surface area contributed by atoms with Crippen LogP contribution in [-0.4, -0.2) is 66.8 Å². The number of hydrogen-bond donors (Lipinski definition) is 1. The molecule has 1 spiro atoms. The molecule has 3 aliphatic carbocycles. The molecule has 3 atom stereocenters. The van der Waals surface area contributed by atoms with Gasteiger partial charge < -0.3 is 19.4 Å². The van der Waals surface area contributed by atoms with Crippen molar-refractivity contribution in [2.75, 3.05) is 18.0 Å². The van der Waals surface area contributed by atoms with E-state index in [1.165, 1.54) is 48.1 Å². The van der Waals surface area contributed by atoms with E-state index in [4.69, 9.17) is 31.0 Å². The lowest BCUT2D eigenvalue weighted by Gasteiger charge is -2.53. The SMILES string of the molecule is Cc1sc2c(c1C)C(c1ccc(C3CC3C3CC4(CCN(c5ccc(C(=O)NC6CCC(Oc7ccc(C#N)c(Cl)c7)CC6)nn5)CC4)C3)cc1)=N[C@@H](Cc1ncco1)c1nnc(C)n1-2. The van der Waals surface area contributed by atoms with Crippen LogP contribution in [0.3, 0.4) is 0 Å². The van der Waals surface area contributed by atoms with Crippen molar-refractivity contribution in [3.63, 3.8) is 0 Å². The summed E-state index contributed by atoms with van der Waals surface area (Å²) in [6, 6.07) is 20.0. The Bertz CT molecular complexity index is 2810. The molecule has 0 radical (unpaired) electrons. The van der Waals surface area contributed by atoms with Crippen molar-refractivity contribution in [2.45, 2.75) is 109 Å². The van der Waals surface area contributed by atoms with Crippen LogP contribution in [0.25, 0.3) is 5.00 Å². The van der Waals surface area contributed by atoms with Crippen molar-refractivity contribution in [3.8, 4) is 16.8 Å². The Kier molecular flexibility index (Phi) is 10.8. The maximum atomic E-state index is 13.1. The van der Waals surface area contributed by atoms with Crippen molar-refractivity contribution in [2.24, 2.45) is 22.2 Å². The van der Waals surface area contributed by atoms with Crippen LogP contribution in [0.5, 0.6) is 5.75 Å². The van der Waals surface area contributed by atoms with Crippen LogP contribution in [0, 0.1) is 49.4 Å². The average molecular weight is 908 g/mol. The molecule has 65 heavy (non-hydrogen) atoms. The summed E-state index contributed by atoms with van der Waals surface area (Å²) in [5, 5.41) is 31.8. The standard InChI is InChI=1S/C50H51ClN10O3S/c1-28-29(2)65-49-45(28)46(55-42(24-44-53-18-21-63-44)47-59-56-30(3)61(47)49)32-6-4-31(5-7-32)38-23-39(38)34-25-50(26-34)16-19-60(20-17-50)43-15-14-41(57-58-43)48(62)54-35-9-12-36(13-10-35)64-37-11-8-33(27-52)40(51)22-37/h4-8,11,14-15,18,21-22,34-36,38-39,42H,9-10,12-13,16-17,19-20,23-26H2,1-3H3,(H,54,62)/t35?,36?,38?,39?,42-/m0/s1. The summed E-state index contributed by atoms with van der Waals surface area (Å²) in [6.45, 7) is 8.32. The third-order valence-corrected chi connectivity index (χ3v) is 16.4. The zero-order chi connectivity index (χ0) is 44.4. The third kappa shape index (κ3) is 8.01. The molecule has 13 nitrogen and oxygen atoms in total. The number of thiophene rings is 1. The fourth-order valence-electron chi connectivity index (χ4n) is 11.1. The Labute approximate surface area is 387 Å². The lowest BCUT2D eigenvalue weighted by molar-refractivity contribution is 0.0148. The largest absolute Gasteiger partial charge is 0.490 e. The number of aromatic nitrogens is 6. The van der Waals surface area contributed by atoms with Gasteiger partial charge in [-0.2, -0.15) is 5.26 Å². The third-order valence-electron chi connectivity index (χ3n) is 14.9. The number of carbonyl (C=O) groups is 1. The van der Waals surface area contributed by atoms with Crippen LogP contribution in [0.2, 0.25) is 5.02 Å². The smallest absolute Gasteiger partial charge is 0.272 e. The van der Waals surface area contributed by atoms with Crippen molar-refractivity contribution in [1.82, 2.24) is 35.3 Å². The van der Waals surface area contributed by atoms with Gasteiger partial charge in [-0.15, -0.1) is 31.7 Å². The Hall–Kier alpha value is -5.91. The Morgan fingerprint density at radius 1 is 1.00 bits per heavy atom. The van der Waals surface area contributed by atoms with Crippen LogP contribution >= 0.6 is 22.9 Å². The Morgan fingerprint density at radius 2 is 1.80 bits per heavy atom. The molecular formula is C50H51ClN10O3S. The number of piperidine rings is 1. The van der Waals surface area contributed by atoms with Gasteiger partial charge >= 0.3 is 0 Å². The van der Waals surface area contributed by atoms with Crippen molar-refractivity contribution < 1.29 is 13.9 Å². The van der Waals surface area contributed by atoms with Gasteiger partial charge in [0.1, 0.15) is 34.9 Å². The molecule has 2 aliphatic heterocycles. The van der Waals surface area contributed by atoms with Gasteiger partial charge in [0.25, 0.3) is 5.91 Å². The van der Waals surface area contributed by atoms with Crippen LogP contribution in [0.15, 0.2) is 76.5 Å². The highest BCUT2D eigenvalue weighted by Gasteiger charge is 2.54. The number of nitriles is 1. The maximum Gasteiger partial charge on any atom is 0.272 e. The lowest BCUT2D eigenvalue weighted by atomic mass is 9.56. The molecule has 11 rings (SSSR count). The number of nitrogens with zero attached hydrogens (tertiary/aromatic N) is 9. The second-order valence-electron chi connectivity index (χ2n) is 18.9. The summed E-state index contributed by atoms with van der Waals surface area (Å²) in [6.07, 6.45) is 13.3. The average Bonchev–Trinajstić information content (AvgIpc) is 3.63. The number of benzene rings is 2. The van der Waals surface area contributed by atoms with Crippen LogP contribution in [0.4, 0.5) is 5.82 Å². The molecule has 2 aromatic carbocycles. The van der Waals surface area contributed by atoms with Gasteiger partial charge in [-0.3, -0.25) is 14.4 Å². The number of ether oxygens (including phenoxy) is 1. The van der Waals surface area contributed by atoms with Crippen LogP contribution in [0.1, 0.15) is 130 Å². The van der Waals surface area contributed by atoms with Gasteiger partial charge in [0, 0.05) is 41.2 Å². The summed E-state index contributed by atoms with van der Waals surface area (Å²) in [5.41, 5.74) is 7.16. The van der Waals surface area contributed by atoms with E-state index in [0.717, 1.165) is 89.9 Å². The Balaban J connectivity index is 0.666. The second-order valence-corrected chi connectivity index (χ2v) is 20.5. The molecule has 1 saturated heterocycles. The first kappa shape index (κ1) is 41.8. The maximum absolute atomic E-state index is 13.1. The first-order chi connectivity index (χ1) is 31.6. The number of halogens is 1. The molecule has 1 amide bonds. The zero-order valence-electron chi connectivity index (χ0n) is 36.8. The van der Waals surface area contributed by atoms with Crippen LogP contribution in [-0.2, 0) is 6.42 Å². The molecule has 6 aromatic rings. The number of rotatable bonds is 10. The molecule has 4 aromatic heterocycles. The molecule has 5 aliphatic rings. The number of aliphatic imine (C=N–C) groups is 1. The summed E-state index contributed by atoms with van der Waals surface area (Å²) in [4.78, 5) is 26.6. The number of anilines is 1. The molecule has 2 unspecified atom stereocenters. The highest BCUT2D eigenvalue weighted by molar-refractivity contribution is 7.15. The number of aryl methyl sites for hydroxylation is 2. The van der Waals surface area contributed by atoms with Crippen molar-refractivity contribution in [1.29, 1.82) is 5.26 Å². The van der Waals surface area contributed by atoms with Crippen molar-refractivity contribution >= 4 is 40.4 Å². The number of amides is 1. The quantitative estimate of drug-likeness (QED) is 0.140. The molecule has 1 N–H and O–H groups in total. The summed E-state index contributed by atoms with van der Waals surface area (Å²) in [5.74, 6) is 5.78. The number of fused-ring (bicyclic) bond motifs is 3. The molecule has 332 valence electrons. The minimum Gasteiger partial charge on any atom is -0.490 e. The lowest BCUT2D eigenvalue weighted by Crippen LogP contribution is -2.48. The van der Waals surface area contributed by atoms with E-state index in [-0.39, 0.29) is 24.1 Å². The van der Waals surface area contributed by atoms with Gasteiger partial charge in [0.05, 0.1) is 35.0 Å². The minimum atomic E-state index is -0.282. The van der Waals surface area contributed by atoms with Gasteiger partial charge in [-0.1, -0.05) is 35.9 Å². The molecule has 15 heteroatoms. The van der Waals surface area contributed by atoms with Crippen molar-refractivity contribution in [3.05, 3.63) is 128 Å². The van der Waals surface area contributed by atoms with Crippen LogP contribution < -0.4 is 15.0 Å². The molecule has 6 heterocycles. The summed E-state index contributed by atoms with van der Waals surface area (Å²) < 4.78 is 14.0. The van der Waals surface area contributed by atoms with Gasteiger partial charge in [0.2, 0.25) is 0 Å². The van der Waals surface area contributed by atoms with E-state index in [9.17, 15) is 4.79 Å². The predicted molar refractivity (Wildman–Crippen MR) is 248 cm³/mol.